The summed E-state index contributed by atoms with van der Waals surface area (Å²) >= 11 is 3.33. The topological polar surface area (TPSA) is 101 Å². The Morgan fingerprint density at radius 3 is 2.57 bits per heavy atom. The number of hydrogen-bond acceptors (Lipinski definition) is 5. The average Bonchev–Trinajstić information content (AvgIpc) is 2.94. The molecule has 0 unspecified atom stereocenters. The second-order valence-electron chi connectivity index (χ2n) is 6.25. The normalized spacial score (nSPS) is 11.3. The van der Waals surface area contributed by atoms with Gasteiger partial charge in [0.15, 0.2) is 0 Å². The second-order valence-corrected chi connectivity index (χ2v) is 8.82. The molecule has 1 aromatic heterocycles. The van der Waals surface area contributed by atoms with E-state index in [9.17, 15) is 13.2 Å². The van der Waals surface area contributed by atoms with E-state index >= 15 is 0 Å². The van der Waals surface area contributed by atoms with E-state index in [0.717, 1.165) is 4.47 Å². The van der Waals surface area contributed by atoms with E-state index in [2.05, 4.69) is 31.1 Å². The van der Waals surface area contributed by atoms with Crippen LogP contribution in [0.25, 0.3) is 11.1 Å². The third kappa shape index (κ3) is 4.26. The molecule has 2 aromatic carbocycles. The second kappa shape index (κ2) is 7.76. The quantitative estimate of drug-likeness (QED) is 0.580. The number of halogens is 1. The number of carbonyl (C=O) groups is 1. The molecule has 3 rings (SSSR count). The van der Waals surface area contributed by atoms with E-state index in [-0.39, 0.29) is 16.7 Å². The summed E-state index contributed by atoms with van der Waals surface area (Å²) in [5.74, 6) is -0.133. The highest BCUT2D eigenvalue weighted by atomic mass is 79.9. The predicted octanol–water partition coefficient (Wildman–Crippen LogP) is 4.48. The molecule has 2 N–H and O–H groups in total. The minimum atomic E-state index is -3.83. The number of benzene rings is 2. The Hall–Kier alpha value is -2.65. The number of nitrogens with one attached hydrogen (secondary N) is 2. The summed E-state index contributed by atoms with van der Waals surface area (Å²) in [6.07, 6.45) is 0. The molecule has 0 aliphatic rings. The summed E-state index contributed by atoms with van der Waals surface area (Å²) in [4.78, 5) is 11.5. The van der Waals surface area contributed by atoms with Crippen molar-refractivity contribution < 1.29 is 17.7 Å². The maximum absolute atomic E-state index is 13.0. The van der Waals surface area contributed by atoms with Crippen LogP contribution in [-0.4, -0.2) is 19.5 Å². The van der Waals surface area contributed by atoms with Crippen molar-refractivity contribution in [3.63, 3.8) is 0 Å². The number of anilines is 2. The van der Waals surface area contributed by atoms with Gasteiger partial charge in [-0.3, -0.25) is 14.8 Å². The standard InChI is InChI=1S/C19H18BrN3O4S/c1-11-7-8-14(18-12(2)22-27-19(18)21-13(3)24)9-17(11)28(25,26)23-16-6-4-5-15(20)10-16/h4-10,23H,1-3H3,(H,21,24). The van der Waals surface area contributed by atoms with Crippen LogP contribution in [0.1, 0.15) is 18.2 Å². The fourth-order valence-corrected chi connectivity index (χ4v) is 4.48. The van der Waals surface area contributed by atoms with Crippen molar-refractivity contribution in [3.05, 3.63) is 58.2 Å². The first-order valence-corrected chi connectivity index (χ1v) is 10.6. The molecule has 0 spiro atoms. The molecule has 0 bridgehead atoms. The average molecular weight is 464 g/mol. The summed E-state index contributed by atoms with van der Waals surface area (Å²) in [6.45, 7) is 4.79. The maximum atomic E-state index is 13.0. The first kappa shape index (κ1) is 20.1. The number of hydrogen-bond donors (Lipinski definition) is 2. The van der Waals surface area contributed by atoms with Gasteiger partial charge in [0.1, 0.15) is 0 Å². The Morgan fingerprint density at radius 2 is 1.89 bits per heavy atom. The first-order chi connectivity index (χ1) is 13.2. The van der Waals surface area contributed by atoms with Crippen molar-refractivity contribution in [2.75, 3.05) is 10.0 Å². The van der Waals surface area contributed by atoms with E-state index in [1.54, 1.807) is 50.2 Å². The summed E-state index contributed by atoms with van der Waals surface area (Å²) < 4.78 is 34.5. The molecule has 1 heterocycles. The van der Waals surface area contributed by atoms with Crippen LogP contribution in [0.3, 0.4) is 0 Å². The van der Waals surface area contributed by atoms with Gasteiger partial charge in [0.25, 0.3) is 10.0 Å². The minimum Gasteiger partial charge on any atom is -0.337 e. The lowest BCUT2D eigenvalue weighted by Crippen LogP contribution is -2.14. The number of amides is 1. The molecule has 3 aromatic rings. The first-order valence-electron chi connectivity index (χ1n) is 8.30. The van der Waals surface area contributed by atoms with Crippen LogP contribution in [0.15, 0.2) is 56.4 Å². The lowest BCUT2D eigenvalue weighted by molar-refractivity contribution is -0.114. The predicted molar refractivity (Wildman–Crippen MR) is 111 cm³/mol. The number of carbonyl (C=O) groups excluding carboxylic acids is 1. The Balaban J connectivity index is 2.05. The van der Waals surface area contributed by atoms with Crippen molar-refractivity contribution in [1.29, 1.82) is 0 Å². The molecule has 0 atom stereocenters. The fourth-order valence-electron chi connectivity index (χ4n) is 2.76. The van der Waals surface area contributed by atoms with E-state index < -0.39 is 10.0 Å². The van der Waals surface area contributed by atoms with Gasteiger partial charge in [-0.05, 0) is 49.2 Å². The zero-order chi connectivity index (χ0) is 20.5. The Bertz CT molecular complexity index is 1160. The molecule has 0 fully saturated rings. The molecular formula is C19H18BrN3O4S. The van der Waals surface area contributed by atoms with Crippen molar-refractivity contribution in [2.24, 2.45) is 0 Å². The van der Waals surface area contributed by atoms with E-state index in [1.165, 1.54) is 6.92 Å². The molecule has 0 aliphatic carbocycles. The largest absolute Gasteiger partial charge is 0.337 e. The molecule has 28 heavy (non-hydrogen) atoms. The third-order valence-electron chi connectivity index (χ3n) is 4.00. The van der Waals surface area contributed by atoms with Gasteiger partial charge in [0.05, 0.1) is 16.2 Å². The van der Waals surface area contributed by atoms with Crippen LogP contribution < -0.4 is 10.0 Å². The number of nitrogens with zero attached hydrogens (tertiary/aromatic N) is 1. The van der Waals surface area contributed by atoms with Crippen LogP contribution in [-0.2, 0) is 14.8 Å². The third-order valence-corrected chi connectivity index (χ3v) is 6.01. The number of sulfonamides is 1. The highest BCUT2D eigenvalue weighted by Crippen LogP contribution is 2.34. The smallest absolute Gasteiger partial charge is 0.262 e. The molecule has 7 nitrogen and oxygen atoms in total. The molecule has 0 saturated carbocycles. The van der Waals surface area contributed by atoms with Crippen molar-refractivity contribution in [3.8, 4) is 11.1 Å². The number of rotatable bonds is 5. The van der Waals surface area contributed by atoms with Gasteiger partial charge < -0.3 is 4.52 Å². The number of aromatic nitrogens is 1. The molecule has 0 aliphatic heterocycles. The molecule has 0 saturated heterocycles. The van der Waals surface area contributed by atoms with Crippen molar-refractivity contribution in [1.82, 2.24) is 5.16 Å². The highest BCUT2D eigenvalue weighted by Gasteiger charge is 2.22. The Labute approximate surface area is 171 Å². The van der Waals surface area contributed by atoms with E-state index in [1.807, 2.05) is 6.07 Å². The monoisotopic (exact) mass is 463 g/mol. The SMILES string of the molecule is CC(=O)Nc1onc(C)c1-c1ccc(C)c(S(=O)(=O)Nc2cccc(Br)c2)c1. The molecular weight excluding hydrogens is 446 g/mol. The zero-order valence-electron chi connectivity index (χ0n) is 15.4. The van der Waals surface area contributed by atoms with E-state index in [0.29, 0.717) is 28.1 Å². The summed E-state index contributed by atoms with van der Waals surface area (Å²) in [6, 6.07) is 11.9. The lowest BCUT2D eigenvalue weighted by atomic mass is 10.0. The summed E-state index contributed by atoms with van der Waals surface area (Å²) in [5.41, 5.74) is 2.67. The van der Waals surface area contributed by atoms with Gasteiger partial charge in [-0.15, -0.1) is 0 Å². The molecule has 9 heteroatoms. The molecule has 1 amide bonds. The Morgan fingerprint density at radius 1 is 1.14 bits per heavy atom. The van der Waals surface area contributed by atoms with E-state index in [4.69, 9.17) is 4.52 Å². The van der Waals surface area contributed by atoms with Gasteiger partial charge in [-0.1, -0.05) is 39.3 Å². The van der Waals surface area contributed by atoms with Crippen LogP contribution >= 0.6 is 15.9 Å². The Kier molecular flexibility index (Phi) is 5.57. The van der Waals surface area contributed by atoms with Gasteiger partial charge in [0, 0.05) is 17.1 Å². The minimum absolute atomic E-state index is 0.124. The van der Waals surface area contributed by atoms with Gasteiger partial charge in [-0.2, -0.15) is 0 Å². The van der Waals surface area contributed by atoms with Crippen LogP contribution in [0.4, 0.5) is 11.6 Å². The van der Waals surface area contributed by atoms with Gasteiger partial charge in [0.2, 0.25) is 11.8 Å². The van der Waals surface area contributed by atoms with Crippen molar-refractivity contribution in [2.45, 2.75) is 25.7 Å². The van der Waals surface area contributed by atoms with Gasteiger partial charge in [-0.25, -0.2) is 8.42 Å². The van der Waals surface area contributed by atoms with Crippen molar-refractivity contribution >= 4 is 43.4 Å². The maximum Gasteiger partial charge on any atom is 0.262 e. The molecule has 0 radical (unpaired) electrons. The molecule has 146 valence electrons. The zero-order valence-corrected chi connectivity index (χ0v) is 17.8. The van der Waals surface area contributed by atoms with Gasteiger partial charge >= 0.3 is 0 Å². The summed E-state index contributed by atoms with van der Waals surface area (Å²) in [5, 5.41) is 6.45. The lowest BCUT2D eigenvalue weighted by Gasteiger charge is -2.12. The van der Waals surface area contributed by atoms with Crippen LogP contribution in [0, 0.1) is 13.8 Å². The van der Waals surface area contributed by atoms with Crippen LogP contribution in [0.2, 0.25) is 0 Å². The fraction of sp³-hybridized carbons (Fsp3) is 0.158. The summed E-state index contributed by atoms with van der Waals surface area (Å²) in [7, 11) is -3.83. The van der Waals surface area contributed by atoms with Crippen LogP contribution in [0.5, 0.6) is 0 Å². The number of aryl methyl sites for hydroxylation is 2. The highest BCUT2D eigenvalue weighted by molar-refractivity contribution is 9.10.